The van der Waals surface area contributed by atoms with E-state index in [1.807, 2.05) is 0 Å². The third-order valence-electron chi connectivity index (χ3n) is 5.71. The summed E-state index contributed by atoms with van der Waals surface area (Å²) in [5.41, 5.74) is 3.07. The van der Waals surface area contributed by atoms with Crippen LogP contribution in [-0.2, 0) is 13.0 Å². The smallest absolute Gasteiger partial charge is 0.281 e. The number of thiophene rings is 1. The van der Waals surface area contributed by atoms with E-state index in [4.69, 9.17) is 4.98 Å². The second-order valence-corrected chi connectivity index (χ2v) is 8.66. The Balaban J connectivity index is 1.53. The fourth-order valence-electron chi connectivity index (χ4n) is 4.05. The summed E-state index contributed by atoms with van der Waals surface area (Å²) in [5.74, 6) is 0.706. The molecule has 4 aromatic rings. The number of amides is 1. The van der Waals surface area contributed by atoms with Gasteiger partial charge in [-0.3, -0.25) is 24.4 Å². The Labute approximate surface area is 181 Å². The average Bonchev–Trinajstić information content (AvgIpc) is 3.20. The van der Waals surface area contributed by atoms with Gasteiger partial charge in [-0.15, -0.1) is 11.3 Å². The van der Waals surface area contributed by atoms with Gasteiger partial charge in [0.1, 0.15) is 16.5 Å². The van der Waals surface area contributed by atoms with Crippen molar-refractivity contribution in [3.8, 4) is 0 Å². The maximum atomic E-state index is 13.0. The highest BCUT2D eigenvalue weighted by Crippen LogP contribution is 2.17. The van der Waals surface area contributed by atoms with Gasteiger partial charge in [0.05, 0.1) is 16.3 Å². The lowest BCUT2D eigenvalue weighted by Gasteiger charge is -2.16. The van der Waals surface area contributed by atoms with Crippen LogP contribution in [0.1, 0.15) is 47.7 Å². The molecule has 1 aliphatic rings. The first-order chi connectivity index (χ1) is 15.0. The number of nitrogens with zero attached hydrogens (tertiary/aromatic N) is 4. The number of aryl methyl sites for hydroxylation is 2. The van der Waals surface area contributed by atoms with E-state index < -0.39 is 5.91 Å². The summed E-state index contributed by atoms with van der Waals surface area (Å²) in [4.78, 5) is 48.3. The summed E-state index contributed by atoms with van der Waals surface area (Å²) >= 11 is 1.38. The van der Waals surface area contributed by atoms with Crippen molar-refractivity contribution < 1.29 is 4.79 Å². The first-order valence-corrected chi connectivity index (χ1v) is 11.2. The third kappa shape index (κ3) is 3.44. The summed E-state index contributed by atoms with van der Waals surface area (Å²) in [6.45, 7) is 2.35. The van der Waals surface area contributed by atoms with Crippen molar-refractivity contribution in [2.75, 3.05) is 5.43 Å². The van der Waals surface area contributed by atoms with Gasteiger partial charge in [0, 0.05) is 18.5 Å². The van der Waals surface area contributed by atoms with E-state index in [2.05, 4.69) is 10.4 Å². The summed E-state index contributed by atoms with van der Waals surface area (Å²) in [6.07, 6.45) is 4.97. The van der Waals surface area contributed by atoms with Crippen LogP contribution in [-0.4, -0.2) is 25.1 Å². The minimum absolute atomic E-state index is 0.0620. The van der Waals surface area contributed by atoms with Crippen molar-refractivity contribution in [1.82, 2.24) is 19.2 Å². The third-order valence-corrected chi connectivity index (χ3v) is 6.51. The zero-order valence-electron chi connectivity index (χ0n) is 17.1. The molecule has 1 aromatic carbocycles. The lowest BCUT2D eigenvalue weighted by atomic mass is 10.1. The molecule has 0 atom stereocenters. The van der Waals surface area contributed by atoms with E-state index in [-0.39, 0.29) is 11.1 Å². The van der Waals surface area contributed by atoms with Gasteiger partial charge >= 0.3 is 0 Å². The second kappa shape index (κ2) is 7.73. The van der Waals surface area contributed by atoms with Gasteiger partial charge in [0.15, 0.2) is 0 Å². The van der Waals surface area contributed by atoms with Gasteiger partial charge in [-0.05, 0) is 49.4 Å². The normalized spacial score (nSPS) is 14.2. The Hall–Kier alpha value is -3.33. The van der Waals surface area contributed by atoms with Crippen LogP contribution in [0.25, 0.3) is 21.1 Å². The van der Waals surface area contributed by atoms with Gasteiger partial charge < -0.3 is 0 Å². The standard InChI is InChI=1S/C22H21N5O3S/c1-13-23-20-16(9-11-31-20)22(30)27(13)25-19(28)14-7-8-15-17(12-14)24-18-6-4-2-3-5-10-26(18)21(15)29/h7-9,11-12H,2-6,10H2,1H3,(H,25,28). The largest absolute Gasteiger partial charge is 0.296 e. The molecular formula is C22H21N5O3S. The number of nitrogens with one attached hydrogen (secondary N) is 1. The number of rotatable bonds is 2. The molecule has 4 heterocycles. The van der Waals surface area contributed by atoms with E-state index in [1.54, 1.807) is 41.1 Å². The topological polar surface area (TPSA) is 98.9 Å². The van der Waals surface area contributed by atoms with E-state index in [1.165, 1.54) is 11.3 Å². The lowest BCUT2D eigenvalue weighted by Crippen LogP contribution is -2.35. The Morgan fingerprint density at radius 3 is 2.74 bits per heavy atom. The number of aromatic nitrogens is 4. The predicted octanol–water partition coefficient (Wildman–Crippen LogP) is 2.98. The summed E-state index contributed by atoms with van der Waals surface area (Å²) < 4.78 is 2.93. The second-order valence-electron chi connectivity index (χ2n) is 7.76. The molecule has 5 rings (SSSR count). The first-order valence-electron chi connectivity index (χ1n) is 10.3. The van der Waals surface area contributed by atoms with Crippen LogP contribution in [0.4, 0.5) is 0 Å². The molecule has 31 heavy (non-hydrogen) atoms. The molecule has 0 bridgehead atoms. The molecule has 3 aromatic heterocycles. The molecule has 1 N–H and O–H groups in total. The molecule has 9 heteroatoms. The minimum Gasteiger partial charge on any atom is -0.296 e. The molecule has 0 saturated heterocycles. The van der Waals surface area contributed by atoms with Crippen molar-refractivity contribution in [1.29, 1.82) is 0 Å². The Morgan fingerprint density at radius 2 is 1.87 bits per heavy atom. The molecule has 0 fully saturated rings. The molecule has 158 valence electrons. The van der Waals surface area contributed by atoms with Crippen LogP contribution in [0, 0.1) is 6.92 Å². The number of benzene rings is 1. The van der Waals surface area contributed by atoms with E-state index in [0.717, 1.165) is 42.6 Å². The van der Waals surface area contributed by atoms with Crippen LogP contribution in [0.5, 0.6) is 0 Å². The fraction of sp³-hybridized carbons (Fsp3) is 0.318. The van der Waals surface area contributed by atoms with Crippen molar-refractivity contribution in [2.24, 2.45) is 0 Å². The SMILES string of the molecule is Cc1nc2sccc2c(=O)n1NC(=O)c1ccc2c(=O)n3c(nc2c1)CCCCCC3. The van der Waals surface area contributed by atoms with Gasteiger partial charge in [-0.25, -0.2) is 14.6 Å². The molecule has 0 radical (unpaired) electrons. The van der Waals surface area contributed by atoms with Gasteiger partial charge in [-0.2, -0.15) is 0 Å². The van der Waals surface area contributed by atoms with Crippen LogP contribution in [0.2, 0.25) is 0 Å². The molecule has 0 spiro atoms. The first kappa shape index (κ1) is 19.6. The quantitative estimate of drug-likeness (QED) is 0.522. The molecule has 1 aliphatic heterocycles. The van der Waals surface area contributed by atoms with Crippen molar-refractivity contribution >= 4 is 38.4 Å². The molecule has 0 unspecified atom stereocenters. The molecule has 0 aliphatic carbocycles. The maximum absolute atomic E-state index is 13.0. The monoisotopic (exact) mass is 435 g/mol. The van der Waals surface area contributed by atoms with Crippen LogP contribution >= 0.6 is 11.3 Å². The summed E-state index contributed by atoms with van der Waals surface area (Å²) in [7, 11) is 0. The van der Waals surface area contributed by atoms with Crippen molar-refractivity contribution in [3.05, 3.63) is 67.6 Å². The molecule has 8 nitrogen and oxygen atoms in total. The number of carbonyl (C=O) groups is 1. The summed E-state index contributed by atoms with van der Waals surface area (Å²) in [6, 6.07) is 6.54. The van der Waals surface area contributed by atoms with Crippen molar-refractivity contribution in [3.63, 3.8) is 0 Å². The Kier molecular flexibility index (Phi) is 4.90. The highest BCUT2D eigenvalue weighted by atomic mass is 32.1. The number of hydrogen-bond donors (Lipinski definition) is 1. The van der Waals surface area contributed by atoms with Crippen LogP contribution in [0.3, 0.4) is 0 Å². The fourth-order valence-corrected chi connectivity index (χ4v) is 4.85. The highest BCUT2D eigenvalue weighted by Gasteiger charge is 2.16. The number of carbonyl (C=O) groups excluding carboxylic acids is 1. The van der Waals surface area contributed by atoms with Gasteiger partial charge in [0.2, 0.25) is 0 Å². The zero-order valence-corrected chi connectivity index (χ0v) is 17.9. The average molecular weight is 436 g/mol. The number of fused-ring (bicyclic) bond motifs is 3. The maximum Gasteiger partial charge on any atom is 0.281 e. The molecular weight excluding hydrogens is 414 g/mol. The van der Waals surface area contributed by atoms with E-state index in [9.17, 15) is 14.4 Å². The highest BCUT2D eigenvalue weighted by molar-refractivity contribution is 7.16. The zero-order chi connectivity index (χ0) is 21.5. The molecule has 1 amide bonds. The predicted molar refractivity (Wildman–Crippen MR) is 120 cm³/mol. The minimum atomic E-state index is -0.461. The lowest BCUT2D eigenvalue weighted by molar-refractivity contribution is 0.101. The van der Waals surface area contributed by atoms with Crippen LogP contribution < -0.4 is 16.5 Å². The van der Waals surface area contributed by atoms with E-state index in [0.29, 0.717) is 39.1 Å². The van der Waals surface area contributed by atoms with Crippen LogP contribution in [0.15, 0.2) is 39.2 Å². The van der Waals surface area contributed by atoms with Crippen molar-refractivity contribution in [2.45, 2.75) is 45.6 Å². The van der Waals surface area contributed by atoms with Gasteiger partial charge in [0.25, 0.3) is 17.0 Å². The summed E-state index contributed by atoms with van der Waals surface area (Å²) in [5, 5.41) is 2.75. The van der Waals surface area contributed by atoms with E-state index >= 15 is 0 Å². The Bertz CT molecular complexity index is 1450. The molecule has 0 saturated carbocycles. The number of hydrogen-bond acceptors (Lipinski definition) is 6. The Morgan fingerprint density at radius 1 is 1.03 bits per heavy atom. The van der Waals surface area contributed by atoms with Gasteiger partial charge in [-0.1, -0.05) is 12.8 Å².